The van der Waals surface area contributed by atoms with Crippen molar-refractivity contribution in [3.8, 4) is 0 Å². The molecule has 1 aliphatic rings. The van der Waals surface area contributed by atoms with E-state index in [4.69, 9.17) is 5.11 Å². The minimum atomic E-state index is -3.54. The van der Waals surface area contributed by atoms with Crippen molar-refractivity contribution < 1.29 is 27.9 Å². The van der Waals surface area contributed by atoms with E-state index in [-0.39, 0.29) is 19.4 Å². The molecule has 0 aromatic carbocycles. The summed E-state index contributed by atoms with van der Waals surface area (Å²) in [5, 5.41) is 11.2. The third kappa shape index (κ3) is 3.24. The van der Waals surface area contributed by atoms with Crippen molar-refractivity contribution in [2.45, 2.75) is 36.5 Å². The number of carboxylic acid groups (broad SMARTS) is 1. The molecule has 0 aromatic rings. The molecule has 1 saturated carbocycles. The van der Waals surface area contributed by atoms with Crippen LogP contribution in [-0.2, 0) is 24.2 Å². The number of carbonyl (C=O) groups is 2. The molecule has 7 nitrogen and oxygen atoms in total. The van der Waals surface area contributed by atoms with Crippen LogP contribution in [0.5, 0.6) is 0 Å². The van der Waals surface area contributed by atoms with E-state index in [1.54, 1.807) is 0 Å². The fourth-order valence-electron chi connectivity index (χ4n) is 2.33. The molecule has 1 atom stereocenters. The first-order valence-electron chi connectivity index (χ1n) is 5.98. The van der Waals surface area contributed by atoms with E-state index in [0.29, 0.717) is 12.8 Å². The summed E-state index contributed by atoms with van der Waals surface area (Å²) in [5.41, 5.74) is 0. The summed E-state index contributed by atoms with van der Waals surface area (Å²) in [6, 6.07) is 0. The molecule has 2 N–H and O–H groups in total. The predicted octanol–water partition coefficient (Wildman–Crippen LogP) is -0.440. The zero-order valence-electron chi connectivity index (χ0n) is 11.0. The smallest absolute Gasteiger partial charge is 0.334 e. The maximum Gasteiger partial charge on any atom is 0.334 e. The summed E-state index contributed by atoms with van der Waals surface area (Å²) in [5.74, 6) is -1.83. The van der Waals surface area contributed by atoms with Gasteiger partial charge in [0.1, 0.15) is 4.75 Å². The minimum absolute atomic E-state index is 0.248. The number of carboxylic acids is 1. The zero-order valence-corrected chi connectivity index (χ0v) is 11.8. The summed E-state index contributed by atoms with van der Waals surface area (Å²) in [6.07, 6.45) is 1.77. The summed E-state index contributed by atoms with van der Waals surface area (Å²) in [4.78, 5) is 22.9. The molecule has 0 spiro atoms. The largest absolute Gasteiger partial charge is 0.479 e. The highest BCUT2D eigenvalue weighted by molar-refractivity contribution is 7.92. The van der Waals surface area contributed by atoms with E-state index < -0.39 is 32.6 Å². The topological polar surface area (TPSA) is 110 Å². The van der Waals surface area contributed by atoms with Gasteiger partial charge < -0.3 is 15.2 Å². The summed E-state index contributed by atoms with van der Waals surface area (Å²) >= 11 is 0. The summed E-state index contributed by atoms with van der Waals surface area (Å²) in [7, 11) is -2.32. The Bertz CT molecular complexity index is 452. The number of hydrogen-bond donors (Lipinski definition) is 2. The third-order valence-corrected chi connectivity index (χ3v) is 5.56. The molecule has 8 heteroatoms. The zero-order chi connectivity index (χ0) is 14.7. The second-order valence-corrected chi connectivity index (χ2v) is 7.07. The summed E-state index contributed by atoms with van der Waals surface area (Å²) in [6.45, 7) is -0.248. The van der Waals surface area contributed by atoms with Crippen LogP contribution in [0.15, 0.2) is 0 Å². The molecule has 1 unspecified atom stereocenters. The van der Waals surface area contributed by atoms with Crippen LogP contribution in [0.2, 0.25) is 0 Å². The van der Waals surface area contributed by atoms with Crippen LogP contribution in [0.25, 0.3) is 0 Å². The number of amides is 1. The van der Waals surface area contributed by atoms with Crippen molar-refractivity contribution in [3.63, 3.8) is 0 Å². The molecular weight excluding hydrogens is 274 g/mol. The molecular formula is C11H19NO6S. The van der Waals surface area contributed by atoms with E-state index in [1.807, 2.05) is 0 Å². The first-order valence-corrected chi connectivity index (χ1v) is 7.87. The fraction of sp³-hybridized carbons (Fsp3) is 0.818. The average Bonchev–Trinajstić information content (AvgIpc) is 2.78. The van der Waals surface area contributed by atoms with Gasteiger partial charge in [-0.25, -0.2) is 13.2 Å². The Labute approximate surface area is 112 Å². The molecule has 1 fully saturated rings. The molecule has 0 saturated heterocycles. The lowest BCUT2D eigenvalue weighted by Gasteiger charge is -2.26. The van der Waals surface area contributed by atoms with Crippen molar-refractivity contribution in [1.29, 1.82) is 0 Å². The Morgan fingerprint density at radius 3 is 2.26 bits per heavy atom. The number of carbonyl (C=O) groups excluding carboxylic acids is 1. The molecule has 1 amide bonds. The van der Waals surface area contributed by atoms with E-state index in [9.17, 15) is 18.0 Å². The summed E-state index contributed by atoms with van der Waals surface area (Å²) < 4.78 is 26.9. The molecule has 110 valence electrons. The molecule has 0 bridgehead atoms. The van der Waals surface area contributed by atoms with Gasteiger partial charge in [0.2, 0.25) is 5.91 Å². The van der Waals surface area contributed by atoms with Crippen LogP contribution in [0.4, 0.5) is 0 Å². The molecule has 0 radical (unpaired) electrons. The van der Waals surface area contributed by atoms with Gasteiger partial charge in [0, 0.05) is 13.4 Å². The number of aliphatic carboxylic acids is 1. The first kappa shape index (κ1) is 15.9. The number of nitrogens with one attached hydrogen (secondary N) is 1. The van der Waals surface area contributed by atoms with Crippen molar-refractivity contribution in [2.24, 2.45) is 0 Å². The average molecular weight is 293 g/mol. The monoisotopic (exact) mass is 293 g/mol. The Morgan fingerprint density at radius 2 is 1.89 bits per heavy atom. The maximum atomic E-state index is 12.1. The molecule has 1 rings (SSSR count). The molecule has 0 heterocycles. The van der Waals surface area contributed by atoms with Crippen LogP contribution in [0.3, 0.4) is 0 Å². The van der Waals surface area contributed by atoms with Crippen molar-refractivity contribution in [3.05, 3.63) is 0 Å². The van der Waals surface area contributed by atoms with Crippen LogP contribution >= 0.6 is 0 Å². The standard InChI is InChI=1S/C11H19NO6S/c1-18-8(9(13)14)7-12-10(15)11(19(2,16)17)5-3-4-6-11/h8H,3-7H2,1-2H3,(H,12,15)(H,13,14). The highest BCUT2D eigenvalue weighted by Gasteiger charge is 2.49. The second kappa shape index (κ2) is 5.87. The molecule has 19 heavy (non-hydrogen) atoms. The molecule has 0 aromatic heterocycles. The second-order valence-electron chi connectivity index (χ2n) is 4.75. The lowest BCUT2D eigenvalue weighted by molar-refractivity contribution is -0.148. The number of rotatable bonds is 6. The third-order valence-electron chi connectivity index (χ3n) is 3.54. The predicted molar refractivity (Wildman–Crippen MR) is 67.5 cm³/mol. The highest BCUT2D eigenvalue weighted by atomic mass is 32.2. The van der Waals surface area contributed by atoms with Crippen LogP contribution in [0, 0.1) is 0 Å². The highest BCUT2D eigenvalue weighted by Crippen LogP contribution is 2.36. The van der Waals surface area contributed by atoms with E-state index in [0.717, 1.165) is 6.26 Å². The van der Waals surface area contributed by atoms with Gasteiger partial charge in [-0.3, -0.25) is 4.79 Å². The van der Waals surface area contributed by atoms with Gasteiger partial charge >= 0.3 is 5.97 Å². The Kier molecular flexibility index (Phi) is 4.92. The SMILES string of the molecule is COC(CNC(=O)C1(S(C)(=O)=O)CCCC1)C(=O)O. The Balaban J connectivity index is 2.78. The van der Waals surface area contributed by atoms with Crippen molar-refractivity contribution in [2.75, 3.05) is 19.9 Å². The van der Waals surface area contributed by atoms with Crippen LogP contribution < -0.4 is 5.32 Å². The quantitative estimate of drug-likeness (QED) is 0.687. The van der Waals surface area contributed by atoms with E-state index in [2.05, 4.69) is 10.1 Å². The fourth-order valence-corrected chi connectivity index (χ4v) is 3.77. The number of ether oxygens (including phenoxy) is 1. The normalized spacial score (nSPS) is 19.9. The number of hydrogen-bond acceptors (Lipinski definition) is 5. The van der Waals surface area contributed by atoms with Gasteiger partial charge in [0.25, 0.3) is 0 Å². The van der Waals surface area contributed by atoms with Crippen molar-refractivity contribution >= 4 is 21.7 Å². The molecule has 0 aliphatic heterocycles. The maximum absolute atomic E-state index is 12.1. The Hall–Kier alpha value is -1.15. The van der Waals surface area contributed by atoms with Gasteiger partial charge in [-0.2, -0.15) is 0 Å². The van der Waals surface area contributed by atoms with Crippen LogP contribution in [0.1, 0.15) is 25.7 Å². The minimum Gasteiger partial charge on any atom is -0.479 e. The first-order chi connectivity index (χ1) is 8.74. The van der Waals surface area contributed by atoms with E-state index >= 15 is 0 Å². The molecule has 1 aliphatic carbocycles. The van der Waals surface area contributed by atoms with Gasteiger partial charge in [-0.1, -0.05) is 12.8 Å². The van der Waals surface area contributed by atoms with E-state index in [1.165, 1.54) is 7.11 Å². The van der Waals surface area contributed by atoms with Gasteiger partial charge in [0.15, 0.2) is 15.9 Å². The van der Waals surface area contributed by atoms with Gasteiger partial charge in [-0.05, 0) is 12.8 Å². The van der Waals surface area contributed by atoms with Crippen LogP contribution in [-0.4, -0.2) is 56.2 Å². The lowest BCUT2D eigenvalue weighted by Crippen LogP contribution is -2.52. The lowest BCUT2D eigenvalue weighted by atomic mass is 10.1. The Morgan fingerprint density at radius 1 is 1.37 bits per heavy atom. The van der Waals surface area contributed by atoms with Gasteiger partial charge in [-0.15, -0.1) is 0 Å². The number of methoxy groups -OCH3 is 1. The number of sulfone groups is 1. The van der Waals surface area contributed by atoms with Crippen molar-refractivity contribution in [1.82, 2.24) is 5.32 Å². The van der Waals surface area contributed by atoms with Gasteiger partial charge in [0.05, 0.1) is 6.54 Å².